The van der Waals surface area contributed by atoms with Crippen molar-refractivity contribution in [2.45, 2.75) is 6.54 Å². The number of nitrogens with two attached hydrogens (primary N) is 1. The Kier molecular flexibility index (Phi) is 6.32. The summed E-state index contributed by atoms with van der Waals surface area (Å²) in [6.07, 6.45) is 0. The van der Waals surface area contributed by atoms with E-state index in [1.807, 2.05) is 18.2 Å². The molecule has 0 atom stereocenters. The minimum atomic E-state index is -0.850. The summed E-state index contributed by atoms with van der Waals surface area (Å²) in [5.74, 6) is -0.639. The lowest BCUT2D eigenvalue weighted by molar-refractivity contribution is -0.383. The highest BCUT2D eigenvalue weighted by atomic mass is 16.6. The predicted octanol–water partition coefficient (Wildman–Crippen LogP) is 2.00. The van der Waals surface area contributed by atoms with Crippen LogP contribution in [-0.2, 0) is 16.1 Å². The van der Waals surface area contributed by atoms with Crippen molar-refractivity contribution in [2.75, 3.05) is 26.5 Å². The summed E-state index contributed by atoms with van der Waals surface area (Å²) in [6, 6.07) is 10.8. The number of methoxy groups -OCH3 is 1. The topological polar surface area (TPSA) is 125 Å². The van der Waals surface area contributed by atoms with Gasteiger partial charge in [0.15, 0.2) is 6.61 Å². The Bertz CT molecular complexity index is 868. The highest BCUT2D eigenvalue weighted by Gasteiger charge is 2.19. The maximum atomic E-state index is 12.2. The van der Waals surface area contributed by atoms with Crippen LogP contribution in [0.15, 0.2) is 42.5 Å². The molecule has 0 saturated heterocycles. The predicted molar refractivity (Wildman–Crippen MR) is 97.3 cm³/mol. The van der Waals surface area contributed by atoms with Gasteiger partial charge in [-0.15, -0.1) is 0 Å². The van der Waals surface area contributed by atoms with Gasteiger partial charge in [-0.25, -0.2) is 4.79 Å². The van der Waals surface area contributed by atoms with E-state index < -0.39 is 29.1 Å². The summed E-state index contributed by atoms with van der Waals surface area (Å²) in [5.41, 5.74) is 5.76. The highest BCUT2D eigenvalue weighted by Crippen LogP contribution is 2.23. The molecule has 9 heteroatoms. The molecule has 9 nitrogen and oxygen atoms in total. The Morgan fingerprint density at radius 1 is 1.22 bits per heavy atom. The fourth-order valence-electron chi connectivity index (χ4n) is 2.33. The zero-order chi connectivity index (χ0) is 20.0. The van der Waals surface area contributed by atoms with Crippen LogP contribution >= 0.6 is 0 Å². The summed E-state index contributed by atoms with van der Waals surface area (Å²) in [5, 5.41) is 10.9. The van der Waals surface area contributed by atoms with Gasteiger partial charge in [-0.2, -0.15) is 0 Å². The third-order valence-electron chi connectivity index (χ3n) is 3.82. The van der Waals surface area contributed by atoms with Crippen molar-refractivity contribution in [3.63, 3.8) is 0 Å². The first-order chi connectivity index (χ1) is 12.8. The van der Waals surface area contributed by atoms with Crippen LogP contribution in [-0.4, -0.2) is 42.5 Å². The zero-order valence-electron chi connectivity index (χ0n) is 14.9. The molecule has 0 aliphatic heterocycles. The Morgan fingerprint density at radius 2 is 1.93 bits per heavy atom. The minimum absolute atomic E-state index is 0.0592. The first-order valence-corrected chi connectivity index (χ1v) is 7.90. The lowest BCUT2D eigenvalue weighted by Crippen LogP contribution is -2.31. The second kappa shape index (κ2) is 8.65. The van der Waals surface area contributed by atoms with E-state index in [2.05, 4.69) is 0 Å². The van der Waals surface area contributed by atoms with Gasteiger partial charge in [0.25, 0.3) is 11.6 Å². The molecule has 1 amide bonds. The van der Waals surface area contributed by atoms with E-state index in [-0.39, 0.29) is 17.8 Å². The Hall–Kier alpha value is -3.62. The van der Waals surface area contributed by atoms with Crippen LogP contribution in [0.3, 0.4) is 0 Å². The largest absolute Gasteiger partial charge is 0.496 e. The fraction of sp³-hybridized carbons (Fsp3) is 0.222. The van der Waals surface area contributed by atoms with Crippen molar-refractivity contribution in [2.24, 2.45) is 0 Å². The summed E-state index contributed by atoms with van der Waals surface area (Å²) in [4.78, 5) is 35.8. The molecule has 0 spiro atoms. The molecular weight excluding hydrogens is 354 g/mol. The summed E-state index contributed by atoms with van der Waals surface area (Å²) in [7, 11) is 3.10. The van der Waals surface area contributed by atoms with E-state index in [0.717, 1.165) is 11.6 Å². The molecule has 0 bridgehead atoms. The maximum Gasteiger partial charge on any atom is 0.338 e. The van der Waals surface area contributed by atoms with E-state index >= 15 is 0 Å². The quantitative estimate of drug-likeness (QED) is 0.340. The van der Waals surface area contributed by atoms with E-state index in [1.54, 1.807) is 13.1 Å². The number of esters is 1. The van der Waals surface area contributed by atoms with Crippen LogP contribution in [0.4, 0.5) is 11.4 Å². The first kappa shape index (κ1) is 19.7. The van der Waals surface area contributed by atoms with Gasteiger partial charge in [0.1, 0.15) is 11.4 Å². The standard InChI is InChI=1S/C18H19N3O6/c1-20(10-13-5-3-4-6-16(13)26-2)17(22)11-27-18(23)12-7-8-14(19)15(9-12)21(24)25/h3-9H,10-11,19H2,1-2H3. The first-order valence-electron chi connectivity index (χ1n) is 7.90. The summed E-state index contributed by atoms with van der Waals surface area (Å²) >= 11 is 0. The second-order valence-corrected chi connectivity index (χ2v) is 5.67. The molecule has 0 radical (unpaired) electrons. The Morgan fingerprint density at radius 3 is 2.59 bits per heavy atom. The van der Waals surface area contributed by atoms with Crippen LogP contribution in [0.1, 0.15) is 15.9 Å². The number of nitro benzene ring substituents is 1. The molecule has 0 aliphatic carbocycles. The van der Waals surface area contributed by atoms with Crippen molar-refractivity contribution >= 4 is 23.3 Å². The zero-order valence-corrected chi connectivity index (χ0v) is 14.9. The third-order valence-corrected chi connectivity index (χ3v) is 3.82. The molecule has 2 rings (SSSR count). The molecule has 27 heavy (non-hydrogen) atoms. The van der Waals surface area contributed by atoms with Crippen LogP contribution < -0.4 is 10.5 Å². The van der Waals surface area contributed by atoms with Gasteiger partial charge in [0.2, 0.25) is 0 Å². The number of rotatable bonds is 7. The van der Waals surface area contributed by atoms with E-state index in [1.165, 1.54) is 24.1 Å². The smallest absolute Gasteiger partial charge is 0.338 e. The normalized spacial score (nSPS) is 10.1. The number of carbonyl (C=O) groups is 2. The van der Waals surface area contributed by atoms with Crippen LogP contribution in [0, 0.1) is 10.1 Å². The van der Waals surface area contributed by atoms with Gasteiger partial charge in [0, 0.05) is 25.2 Å². The maximum absolute atomic E-state index is 12.2. The number of ether oxygens (including phenoxy) is 2. The molecule has 0 aromatic heterocycles. The number of benzene rings is 2. The van der Waals surface area contributed by atoms with Crippen molar-refractivity contribution in [1.82, 2.24) is 4.90 Å². The van der Waals surface area contributed by atoms with E-state index in [4.69, 9.17) is 15.2 Å². The highest BCUT2D eigenvalue weighted by molar-refractivity contribution is 5.92. The lowest BCUT2D eigenvalue weighted by Gasteiger charge is -2.18. The monoisotopic (exact) mass is 373 g/mol. The number of nitrogens with zero attached hydrogens (tertiary/aromatic N) is 2. The number of para-hydroxylation sites is 1. The van der Waals surface area contributed by atoms with Crippen molar-refractivity contribution in [3.05, 3.63) is 63.7 Å². The van der Waals surface area contributed by atoms with Crippen molar-refractivity contribution < 1.29 is 24.0 Å². The Labute approximate surface area is 155 Å². The molecule has 0 unspecified atom stereocenters. The molecule has 0 aliphatic rings. The lowest BCUT2D eigenvalue weighted by atomic mass is 10.2. The molecule has 0 fully saturated rings. The second-order valence-electron chi connectivity index (χ2n) is 5.67. The number of anilines is 1. The Balaban J connectivity index is 1.97. The number of nitro groups is 1. The number of likely N-dealkylation sites (N-methyl/N-ethyl adjacent to an activating group) is 1. The molecule has 0 heterocycles. The SMILES string of the molecule is COc1ccccc1CN(C)C(=O)COC(=O)c1ccc(N)c([N+](=O)[O-])c1. The van der Waals surface area contributed by atoms with Gasteiger partial charge >= 0.3 is 5.97 Å². The number of hydrogen-bond acceptors (Lipinski definition) is 7. The number of nitrogen functional groups attached to an aromatic ring is 1. The van der Waals surface area contributed by atoms with E-state index in [9.17, 15) is 19.7 Å². The minimum Gasteiger partial charge on any atom is -0.496 e. The average molecular weight is 373 g/mol. The summed E-state index contributed by atoms with van der Waals surface area (Å²) < 4.78 is 10.2. The van der Waals surface area contributed by atoms with Gasteiger partial charge in [-0.05, 0) is 18.2 Å². The number of amides is 1. The fourth-order valence-corrected chi connectivity index (χ4v) is 2.33. The molecule has 2 aromatic rings. The van der Waals surface area contributed by atoms with Gasteiger partial charge in [0.05, 0.1) is 17.6 Å². The summed E-state index contributed by atoms with van der Waals surface area (Å²) in [6.45, 7) is -0.226. The van der Waals surface area contributed by atoms with Crippen LogP contribution in [0.2, 0.25) is 0 Å². The van der Waals surface area contributed by atoms with Gasteiger partial charge in [-0.1, -0.05) is 18.2 Å². The van der Waals surface area contributed by atoms with Crippen LogP contribution in [0.25, 0.3) is 0 Å². The van der Waals surface area contributed by atoms with Gasteiger partial charge in [-0.3, -0.25) is 14.9 Å². The van der Waals surface area contributed by atoms with Crippen LogP contribution in [0.5, 0.6) is 5.75 Å². The van der Waals surface area contributed by atoms with Crippen molar-refractivity contribution in [1.29, 1.82) is 0 Å². The van der Waals surface area contributed by atoms with Crippen molar-refractivity contribution in [3.8, 4) is 5.75 Å². The number of hydrogen-bond donors (Lipinski definition) is 1. The molecule has 0 saturated carbocycles. The molecule has 2 aromatic carbocycles. The van der Waals surface area contributed by atoms with Gasteiger partial charge < -0.3 is 20.1 Å². The third kappa shape index (κ3) is 4.94. The number of carbonyl (C=O) groups excluding carboxylic acids is 2. The van der Waals surface area contributed by atoms with E-state index in [0.29, 0.717) is 5.75 Å². The molecular formula is C18H19N3O6. The molecule has 142 valence electrons. The average Bonchev–Trinajstić information content (AvgIpc) is 2.66. The molecule has 2 N–H and O–H groups in total.